The van der Waals surface area contributed by atoms with Crippen molar-refractivity contribution in [2.24, 2.45) is 5.16 Å². The van der Waals surface area contributed by atoms with Gasteiger partial charge in [0, 0.05) is 18.9 Å². The number of unbranched alkanes of at least 4 members (excludes halogenated alkanes) is 1. The maximum absolute atomic E-state index is 11.7. The van der Waals surface area contributed by atoms with Crippen LogP contribution in [-0.4, -0.2) is 35.4 Å². The number of carbonyl (C=O) groups excluding carboxylic acids is 2. The van der Waals surface area contributed by atoms with E-state index in [4.69, 9.17) is 9.94 Å². The molecule has 2 N–H and O–H groups in total. The molecule has 6 heteroatoms. The summed E-state index contributed by atoms with van der Waals surface area (Å²) in [6, 6.07) is 0.344. The van der Waals surface area contributed by atoms with Crippen LogP contribution >= 0.6 is 0 Å². The second-order valence-electron chi connectivity index (χ2n) is 5.02. The van der Waals surface area contributed by atoms with Gasteiger partial charge in [0.15, 0.2) is 5.71 Å². The smallest absolute Gasteiger partial charge is 0.356 e. The van der Waals surface area contributed by atoms with Crippen LogP contribution in [0.1, 0.15) is 58.3 Å². The lowest BCUT2D eigenvalue weighted by molar-refractivity contribution is -0.135. The highest BCUT2D eigenvalue weighted by Gasteiger charge is 2.17. The molecule has 0 aromatic rings. The van der Waals surface area contributed by atoms with E-state index in [1.54, 1.807) is 6.92 Å². The topological polar surface area (TPSA) is 88.0 Å². The third-order valence-electron chi connectivity index (χ3n) is 3.42. The molecule has 0 saturated heterocycles. The highest BCUT2D eigenvalue weighted by molar-refractivity contribution is 6.36. The van der Waals surface area contributed by atoms with Gasteiger partial charge in [0.2, 0.25) is 5.91 Å². The first-order valence-corrected chi connectivity index (χ1v) is 7.34. The van der Waals surface area contributed by atoms with Crippen molar-refractivity contribution in [3.8, 4) is 0 Å². The fraction of sp³-hybridized carbons (Fsp3) is 0.786. The second-order valence-corrected chi connectivity index (χ2v) is 5.02. The van der Waals surface area contributed by atoms with Crippen molar-refractivity contribution >= 4 is 17.6 Å². The van der Waals surface area contributed by atoms with Crippen LogP contribution in [0.5, 0.6) is 0 Å². The summed E-state index contributed by atoms with van der Waals surface area (Å²) in [5.41, 5.74) is 0.0167. The number of amides is 1. The standard InChI is InChI=1S/C14H24N2O4/c1-2-20-14(18)12(16-19)9-5-6-10-13(17)15-11-7-3-4-8-11/h11,19H,2-10H2,1H3,(H,15,17)/b16-12+. The van der Waals surface area contributed by atoms with Crippen molar-refractivity contribution in [3.05, 3.63) is 0 Å². The number of ether oxygens (including phenoxy) is 1. The third kappa shape index (κ3) is 6.04. The summed E-state index contributed by atoms with van der Waals surface area (Å²) in [6.07, 6.45) is 6.60. The van der Waals surface area contributed by atoms with Crippen molar-refractivity contribution < 1.29 is 19.5 Å². The predicted molar refractivity (Wildman–Crippen MR) is 74.7 cm³/mol. The average Bonchev–Trinajstić information content (AvgIpc) is 2.91. The van der Waals surface area contributed by atoms with E-state index in [-0.39, 0.29) is 18.2 Å². The maximum atomic E-state index is 11.7. The highest BCUT2D eigenvalue weighted by atomic mass is 16.5. The van der Waals surface area contributed by atoms with Gasteiger partial charge < -0.3 is 15.3 Å². The summed E-state index contributed by atoms with van der Waals surface area (Å²) in [5, 5.41) is 14.7. The molecule has 0 aromatic carbocycles. The molecule has 114 valence electrons. The Balaban J connectivity index is 2.13. The Morgan fingerprint density at radius 1 is 1.25 bits per heavy atom. The SMILES string of the molecule is CCOC(=O)/C(CCCCC(=O)NC1CCCC1)=N/O. The maximum Gasteiger partial charge on any atom is 0.356 e. The summed E-state index contributed by atoms with van der Waals surface area (Å²) >= 11 is 0. The monoisotopic (exact) mass is 284 g/mol. The van der Waals surface area contributed by atoms with Gasteiger partial charge in [-0.2, -0.15) is 0 Å². The van der Waals surface area contributed by atoms with E-state index in [1.807, 2.05) is 0 Å². The van der Waals surface area contributed by atoms with Crippen LogP contribution in [0.2, 0.25) is 0 Å². The van der Waals surface area contributed by atoms with Crippen molar-refractivity contribution in [2.75, 3.05) is 6.61 Å². The largest absolute Gasteiger partial charge is 0.461 e. The van der Waals surface area contributed by atoms with Crippen LogP contribution < -0.4 is 5.32 Å². The lowest BCUT2D eigenvalue weighted by Gasteiger charge is -2.11. The van der Waals surface area contributed by atoms with E-state index >= 15 is 0 Å². The lowest BCUT2D eigenvalue weighted by atomic mass is 10.1. The molecule has 0 bridgehead atoms. The first-order chi connectivity index (χ1) is 9.67. The number of hydrogen-bond acceptors (Lipinski definition) is 5. The molecule has 0 unspecified atom stereocenters. The van der Waals surface area contributed by atoms with Crippen molar-refractivity contribution in [2.45, 2.75) is 64.3 Å². The molecule has 1 fully saturated rings. The van der Waals surface area contributed by atoms with E-state index in [2.05, 4.69) is 10.5 Å². The summed E-state index contributed by atoms with van der Waals surface area (Å²) in [6.45, 7) is 1.95. The molecule has 1 saturated carbocycles. The number of oxime groups is 1. The van der Waals surface area contributed by atoms with Gasteiger partial charge in [0.25, 0.3) is 0 Å². The summed E-state index contributed by atoms with van der Waals surface area (Å²) in [5.74, 6) is -0.527. The van der Waals surface area contributed by atoms with Crippen molar-refractivity contribution in [1.29, 1.82) is 0 Å². The van der Waals surface area contributed by atoms with Crippen molar-refractivity contribution in [3.63, 3.8) is 0 Å². The Hall–Kier alpha value is -1.59. The lowest BCUT2D eigenvalue weighted by Crippen LogP contribution is -2.32. The highest BCUT2D eigenvalue weighted by Crippen LogP contribution is 2.17. The first-order valence-electron chi connectivity index (χ1n) is 7.34. The number of carbonyl (C=O) groups is 2. The molecule has 0 heterocycles. The van der Waals surface area contributed by atoms with Gasteiger partial charge in [-0.25, -0.2) is 4.79 Å². The van der Waals surface area contributed by atoms with E-state index in [1.165, 1.54) is 12.8 Å². The van der Waals surface area contributed by atoms with E-state index < -0.39 is 5.97 Å². The molecule has 1 aliphatic rings. The first kappa shape index (κ1) is 16.5. The summed E-state index contributed by atoms with van der Waals surface area (Å²) in [4.78, 5) is 23.0. The zero-order valence-electron chi connectivity index (χ0n) is 12.1. The normalized spacial score (nSPS) is 16.1. The minimum absolute atomic E-state index is 0.0167. The van der Waals surface area contributed by atoms with Crippen molar-refractivity contribution in [1.82, 2.24) is 5.32 Å². The minimum atomic E-state index is -0.592. The molecule has 1 aliphatic carbocycles. The van der Waals surface area contributed by atoms with Gasteiger partial charge in [-0.3, -0.25) is 4.79 Å². The molecule has 1 rings (SSSR count). The van der Waals surface area contributed by atoms with Gasteiger partial charge in [0.1, 0.15) is 0 Å². The Kier molecular flexibility index (Phi) is 7.69. The average molecular weight is 284 g/mol. The van der Waals surface area contributed by atoms with Crippen LogP contribution in [-0.2, 0) is 14.3 Å². The minimum Gasteiger partial charge on any atom is -0.461 e. The van der Waals surface area contributed by atoms with E-state index in [0.29, 0.717) is 31.7 Å². The van der Waals surface area contributed by atoms with E-state index in [0.717, 1.165) is 12.8 Å². The number of rotatable bonds is 8. The molecule has 0 aliphatic heterocycles. The van der Waals surface area contributed by atoms with Gasteiger partial charge >= 0.3 is 5.97 Å². The molecule has 1 amide bonds. The Bertz CT molecular complexity index is 349. The van der Waals surface area contributed by atoms with Gasteiger partial charge in [-0.1, -0.05) is 18.0 Å². The molecule has 20 heavy (non-hydrogen) atoms. The number of hydrogen-bond donors (Lipinski definition) is 2. The molecular formula is C14H24N2O4. The molecule has 0 atom stereocenters. The van der Waals surface area contributed by atoms with Crippen LogP contribution in [0.3, 0.4) is 0 Å². The third-order valence-corrected chi connectivity index (χ3v) is 3.42. The zero-order chi connectivity index (χ0) is 14.8. The Morgan fingerprint density at radius 2 is 1.90 bits per heavy atom. The van der Waals surface area contributed by atoms with Gasteiger partial charge in [-0.15, -0.1) is 0 Å². The number of nitrogens with one attached hydrogen (secondary N) is 1. The van der Waals surface area contributed by atoms with E-state index in [9.17, 15) is 9.59 Å². The molecular weight excluding hydrogens is 260 g/mol. The molecule has 0 spiro atoms. The Labute approximate surface area is 119 Å². The zero-order valence-corrected chi connectivity index (χ0v) is 12.1. The van der Waals surface area contributed by atoms with Gasteiger partial charge in [0.05, 0.1) is 6.61 Å². The van der Waals surface area contributed by atoms with Crippen LogP contribution in [0.15, 0.2) is 5.16 Å². The fourth-order valence-electron chi connectivity index (χ4n) is 2.36. The van der Waals surface area contributed by atoms with Gasteiger partial charge in [-0.05, 0) is 32.6 Å². The second kappa shape index (κ2) is 9.34. The predicted octanol–water partition coefficient (Wildman–Crippen LogP) is 2.00. The Morgan fingerprint density at radius 3 is 2.50 bits per heavy atom. The van der Waals surface area contributed by atoms with Crippen LogP contribution in [0, 0.1) is 0 Å². The number of nitrogens with zero attached hydrogens (tertiary/aromatic N) is 1. The van der Waals surface area contributed by atoms with Crippen LogP contribution in [0.4, 0.5) is 0 Å². The quantitative estimate of drug-likeness (QED) is 0.234. The fourth-order valence-corrected chi connectivity index (χ4v) is 2.36. The summed E-state index contributed by atoms with van der Waals surface area (Å²) in [7, 11) is 0. The van der Waals surface area contributed by atoms with Crippen LogP contribution in [0.25, 0.3) is 0 Å². The number of esters is 1. The molecule has 0 radical (unpaired) electrons. The molecule has 6 nitrogen and oxygen atoms in total. The summed E-state index contributed by atoms with van der Waals surface area (Å²) < 4.78 is 4.75. The molecule has 0 aromatic heterocycles.